The van der Waals surface area contributed by atoms with Gasteiger partial charge in [-0.05, 0) is 45.2 Å². The lowest BCUT2D eigenvalue weighted by Crippen LogP contribution is -2.42. The second kappa shape index (κ2) is 12.9. The number of carboxylic acid groups (broad SMARTS) is 1. The molecule has 3 N–H and O–H groups in total. The van der Waals surface area contributed by atoms with Gasteiger partial charge in [0.15, 0.2) is 6.10 Å². The van der Waals surface area contributed by atoms with Crippen LogP contribution < -0.4 is 10.1 Å². The fourth-order valence-corrected chi connectivity index (χ4v) is 3.89. The Morgan fingerprint density at radius 3 is 2.46 bits per heavy atom. The molecule has 3 unspecified atom stereocenters. The van der Waals surface area contributed by atoms with Crippen molar-refractivity contribution in [1.82, 2.24) is 10.2 Å². The molecule has 1 fully saturated rings. The van der Waals surface area contributed by atoms with Gasteiger partial charge in [-0.25, -0.2) is 4.79 Å². The van der Waals surface area contributed by atoms with Gasteiger partial charge in [-0.2, -0.15) is 0 Å². The summed E-state index contributed by atoms with van der Waals surface area (Å²) in [7, 11) is 0. The lowest BCUT2D eigenvalue weighted by atomic mass is 9.97. The summed E-state index contributed by atoms with van der Waals surface area (Å²) in [5.41, 5.74) is 0.655. The summed E-state index contributed by atoms with van der Waals surface area (Å²) >= 11 is 0. The first-order chi connectivity index (χ1) is 18.3. The van der Waals surface area contributed by atoms with Gasteiger partial charge in [0, 0.05) is 37.1 Å². The predicted octanol–water partition coefficient (Wildman–Crippen LogP) is 1.08. The molecule has 0 aliphatic carbocycles. The van der Waals surface area contributed by atoms with Crippen molar-refractivity contribution in [3.05, 3.63) is 41.5 Å². The third kappa shape index (κ3) is 8.62. The third-order valence-electron chi connectivity index (χ3n) is 6.07. The number of hydrogen-bond acceptors (Lipinski definition) is 9. The maximum Gasteiger partial charge on any atom is 0.333 e. The second-order valence-electron chi connectivity index (χ2n) is 10.5. The van der Waals surface area contributed by atoms with E-state index < -0.39 is 53.6 Å². The first kappa shape index (κ1) is 29.8. The zero-order valence-corrected chi connectivity index (χ0v) is 22.2. The molecule has 0 spiro atoms. The molecule has 39 heavy (non-hydrogen) atoms. The molecule has 3 rings (SSSR count). The standard InChI is InChI=1S/C27H34N2O10/c1-27(2,3)26(36)37-15-17-7-6-16(5-4-10-28-21(31)14-29-22(32)8-9-23(29)33)11-19(17)38-24-13-18(30)12-20(39-24)25(34)35/h6-9,11,18,20,24,30H,4-5,10,12-15H2,1-3H3,(H,28,31)(H,34,35). The van der Waals surface area contributed by atoms with Gasteiger partial charge in [0.05, 0.1) is 11.5 Å². The largest absolute Gasteiger partial charge is 0.479 e. The number of aryl methyl sites for hydroxylation is 1. The molecule has 1 saturated heterocycles. The number of rotatable bonds is 11. The van der Waals surface area contributed by atoms with E-state index in [1.54, 1.807) is 32.9 Å². The molecular formula is C27H34N2O10. The number of esters is 1. The first-order valence-corrected chi connectivity index (χ1v) is 12.7. The number of benzene rings is 1. The highest BCUT2D eigenvalue weighted by molar-refractivity contribution is 6.14. The smallest absolute Gasteiger partial charge is 0.333 e. The van der Waals surface area contributed by atoms with Gasteiger partial charge in [0.1, 0.15) is 18.9 Å². The summed E-state index contributed by atoms with van der Waals surface area (Å²) in [5.74, 6) is -2.80. The number of nitrogens with one attached hydrogen (secondary N) is 1. The highest BCUT2D eigenvalue weighted by Gasteiger charge is 2.34. The van der Waals surface area contributed by atoms with Crippen LogP contribution in [0.15, 0.2) is 30.4 Å². The van der Waals surface area contributed by atoms with Crippen LogP contribution in [0.2, 0.25) is 0 Å². The summed E-state index contributed by atoms with van der Waals surface area (Å²) in [6, 6.07) is 5.26. The average Bonchev–Trinajstić information content (AvgIpc) is 3.17. The highest BCUT2D eigenvalue weighted by atomic mass is 16.7. The number of aliphatic hydroxyl groups is 1. The number of carboxylic acids is 1. The number of nitrogens with zero attached hydrogens (tertiary/aromatic N) is 1. The quantitative estimate of drug-likeness (QED) is 0.207. The Morgan fingerprint density at radius 2 is 1.82 bits per heavy atom. The SMILES string of the molecule is CC(C)(C)C(=O)OCc1ccc(CCCNC(=O)CN2C(=O)C=CC2=O)cc1OC1CC(O)CC(C(=O)O)O1. The van der Waals surface area contributed by atoms with Crippen LogP contribution >= 0.6 is 0 Å². The van der Waals surface area contributed by atoms with E-state index >= 15 is 0 Å². The van der Waals surface area contributed by atoms with Crippen LogP contribution in [0, 0.1) is 5.41 Å². The van der Waals surface area contributed by atoms with E-state index in [2.05, 4.69) is 5.32 Å². The zero-order valence-electron chi connectivity index (χ0n) is 22.2. The van der Waals surface area contributed by atoms with E-state index in [0.29, 0.717) is 30.7 Å². The molecule has 0 aromatic heterocycles. The summed E-state index contributed by atoms with van der Waals surface area (Å²) in [6.45, 7) is 5.06. The van der Waals surface area contributed by atoms with Gasteiger partial charge in [-0.3, -0.25) is 24.1 Å². The molecule has 212 valence electrons. The monoisotopic (exact) mass is 546 g/mol. The van der Waals surface area contributed by atoms with Crippen LogP contribution in [0.25, 0.3) is 0 Å². The predicted molar refractivity (Wildman–Crippen MR) is 135 cm³/mol. The van der Waals surface area contributed by atoms with Crippen molar-refractivity contribution in [2.45, 2.75) is 71.6 Å². The molecule has 2 aliphatic rings. The number of carbonyl (C=O) groups excluding carboxylic acids is 4. The molecular weight excluding hydrogens is 512 g/mol. The Balaban J connectivity index is 1.62. The van der Waals surface area contributed by atoms with Crippen molar-refractivity contribution in [3.8, 4) is 5.75 Å². The van der Waals surface area contributed by atoms with Crippen molar-refractivity contribution >= 4 is 29.7 Å². The van der Waals surface area contributed by atoms with Crippen LogP contribution in [0.5, 0.6) is 5.75 Å². The number of ether oxygens (including phenoxy) is 3. The normalized spacial score (nSPS) is 21.1. The van der Waals surface area contributed by atoms with E-state index in [1.807, 2.05) is 6.07 Å². The molecule has 3 amide bonds. The molecule has 0 radical (unpaired) electrons. The minimum absolute atomic E-state index is 0.0480. The number of imide groups is 1. The Morgan fingerprint density at radius 1 is 1.13 bits per heavy atom. The van der Waals surface area contributed by atoms with Gasteiger partial charge in [0.2, 0.25) is 12.2 Å². The molecule has 1 aromatic carbocycles. The number of aliphatic carboxylic acids is 1. The molecule has 1 aromatic rings. The third-order valence-corrected chi connectivity index (χ3v) is 6.07. The Bertz CT molecular complexity index is 1120. The minimum Gasteiger partial charge on any atom is -0.479 e. The minimum atomic E-state index is -1.21. The summed E-state index contributed by atoms with van der Waals surface area (Å²) < 4.78 is 16.9. The maximum absolute atomic E-state index is 12.3. The Hall–Kier alpha value is -3.77. The molecule has 3 atom stereocenters. The summed E-state index contributed by atoms with van der Waals surface area (Å²) in [4.78, 5) is 59.8. The summed E-state index contributed by atoms with van der Waals surface area (Å²) in [5, 5.41) is 22.1. The van der Waals surface area contributed by atoms with E-state index in [-0.39, 0.29) is 26.0 Å². The van der Waals surface area contributed by atoms with Crippen molar-refractivity contribution in [2.75, 3.05) is 13.1 Å². The Kier molecular flexibility index (Phi) is 9.81. The molecule has 12 heteroatoms. The molecule has 0 bridgehead atoms. The number of aliphatic hydroxyl groups excluding tert-OH is 1. The molecule has 2 heterocycles. The van der Waals surface area contributed by atoms with Crippen molar-refractivity contribution < 1.29 is 48.4 Å². The lowest BCUT2D eigenvalue weighted by molar-refractivity contribution is -0.195. The van der Waals surface area contributed by atoms with Gasteiger partial charge in [-0.1, -0.05) is 12.1 Å². The number of carbonyl (C=O) groups is 5. The van der Waals surface area contributed by atoms with Crippen LogP contribution in [0.1, 0.15) is 51.2 Å². The van der Waals surface area contributed by atoms with Gasteiger partial charge in [0.25, 0.3) is 11.8 Å². The topological polar surface area (TPSA) is 169 Å². The van der Waals surface area contributed by atoms with Crippen molar-refractivity contribution in [3.63, 3.8) is 0 Å². The fraction of sp³-hybridized carbons (Fsp3) is 0.519. The molecule has 0 saturated carbocycles. The second-order valence-corrected chi connectivity index (χ2v) is 10.5. The van der Waals surface area contributed by atoms with E-state index in [1.165, 1.54) is 0 Å². The molecule has 12 nitrogen and oxygen atoms in total. The summed E-state index contributed by atoms with van der Waals surface area (Å²) in [6.07, 6.45) is 0.152. The van der Waals surface area contributed by atoms with Gasteiger partial charge in [-0.15, -0.1) is 0 Å². The van der Waals surface area contributed by atoms with Crippen molar-refractivity contribution in [1.29, 1.82) is 0 Å². The van der Waals surface area contributed by atoms with E-state index in [4.69, 9.17) is 14.2 Å². The van der Waals surface area contributed by atoms with Crippen LogP contribution in [0.4, 0.5) is 0 Å². The van der Waals surface area contributed by atoms with Gasteiger partial charge >= 0.3 is 11.9 Å². The van der Waals surface area contributed by atoms with E-state index in [0.717, 1.165) is 22.6 Å². The Labute approximate surface area is 225 Å². The molecule has 2 aliphatic heterocycles. The zero-order chi connectivity index (χ0) is 28.7. The van der Waals surface area contributed by atoms with Gasteiger partial charge < -0.3 is 29.7 Å². The van der Waals surface area contributed by atoms with Crippen LogP contribution in [0.3, 0.4) is 0 Å². The average molecular weight is 547 g/mol. The lowest BCUT2D eigenvalue weighted by Gasteiger charge is -2.31. The maximum atomic E-state index is 12.3. The van der Waals surface area contributed by atoms with Crippen LogP contribution in [-0.2, 0) is 46.5 Å². The van der Waals surface area contributed by atoms with Crippen LogP contribution in [-0.4, -0.2) is 76.4 Å². The number of hydrogen-bond donors (Lipinski definition) is 3. The highest BCUT2D eigenvalue weighted by Crippen LogP contribution is 2.29. The number of amides is 3. The first-order valence-electron chi connectivity index (χ1n) is 12.7. The van der Waals surface area contributed by atoms with E-state index in [9.17, 15) is 34.2 Å². The fourth-order valence-electron chi connectivity index (χ4n) is 3.89. The van der Waals surface area contributed by atoms with Crippen molar-refractivity contribution in [2.24, 2.45) is 5.41 Å².